The first kappa shape index (κ1) is 13.0. The Balaban J connectivity index is 2.69. The van der Waals surface area contributed by atoms with E-state index in [1.54, 1.807) is 13.8 Å². The van der Waals surface area contributed by atoms with E-state index < -0.39 is 22.9 Å². The SMILES string of the molecule is CCOC(=O)[C@H](C)Sc1ccc(F)cc1F. The van der Waals surface area contributed by atoms with Crippen LogP contribution in [0.1, 0.15) is 13.8 Å². The van der Waals surface area contributed by atoms with E-state index in [0.29, 0.717) is 0 Å². The van der Waals surface area contributed by atoms with Crippen molar-refractivity contribution in [1.82, 2.24) is 0 Å². The highest BCUT2D eigenvalue weighted by molar-refractivity contribution is 8.00. The molecular formula is C11H12F2O2S. The molecule has 1 rings (SSSR count). The van der Waals surface area contributed by atoms with Gasteiger partial charge in [0.1, 0.15) is 16.9 Å². The zero-order chi connectivity index (χ0) is 12.1. The fourth-order valence-electron chi connectivity index (χ4n) is 1.07. The van der Waals surface area contributed by atoms with Gasteiger partial charge in [-0.05, 0) is 26.0 Å². The van der Waals surface area contributed by atoms with Crippen molar-refractivity contribution in [1.29, 1.82) is 0 Å². The largest absolute Gasteiger partial charge is 0.465 e. The number of hydrogen-bond donors (Lipinski definition) is 0. The lowest BCUT2D eigenvalue weighted by molar-refractivity contribution is -0.142. The molecule has 0 fully saturated rings. The summed E-state index contributed by atoms with van der Waals surface area (Å²) < 4.78 is 30.7. The summed E-state index contributed by atoms with van der Waals surface area (Å²) in [6.07, 6.45) is 0. The van der Waals surface area contributed by atoms with E-state index in [1.165, 1.54) is 6.07 Å². The van der Waals surface area contributed by atoms with Gasteiger partial charge in [0.2, 0.25) is 0 Å². The molecule has 0 aliphatic heterocycles. The summed E-state index contributed by atoms with van der Waals surface area (Å²) in [6, 6.07) is 3.26. The van der Waals surface area contributed by atoms with Crippen molar-refractivity contribution >= 4 is 17.7 Å². The molecule has 0 N–H and O–H groups in total. The maximum absolute atomic E-state index is 13.2. The molecule has 0 heterocycles. The van der Waals surface area contributed by atoms with Crippen LogP contribution in [-0.2, 0) is 9.53 Å². The third-order valence-electron chi connectivity index (χ3n) is 1.82. The second-order valence-electron chi connectivity index (χ2n) is 3.09. The van der Waals surface area contributed by atoms with Gasteiger partial charge in [-0.15, -0.1) is 11.8 Å². The van der Waals surface area contributed by atoms with E-state index in [-0.39, 0.29) is 11.5 Å². The maximum Gasteiger partial charge on any atom is 0.319 e. The Morgan fingerprint density at radius 3 is 2.75 bits per heavy atom. The van der Waals surface area contributed by atoms with E-state index in [9.17, 15) is 13.6 Å². The molecule has 0 radical (unpaired) electrons. The van der Waals surface area contributed by atoms with Gasteiger partial charge in [-0.3, -0.25) is 4.79 Å². The summed E-state index contributed by atoms with van der Waals surface area (Å²) in [6.45, 7) is 3.61. The molecule has 0 saturated carbocycles. The molecule has 0 spiro atoms. The second-order valence-corrected chi connectivity index (χ2v) is 4.47. The highest BCUT2D eigenvalue weighted by Gasteiger charge is 2.17. The van der Waals surface area contributed by atoms with Gasteiger partial charge in [0.15, 0.2) is 0 Å². The predicted octanol–water partition coefficient (Wildman–Crippen LogP) is 3.01. The van der Waals surface area contributed by atoms with Crippen molar-refractivity contribution in [3.63, 3.8) is 0 Å². The topological polar surface area (TPSA) is 26.3 Å². The molecule has 2 nitrogen and oxygen atoms in total. The molecule has 0 saturated heterocycles. The van der Waals surface area contributed by atoms with Crippen molar-refractivity contribution < 1.29 is 18.3 Å². The minimum absolute atomic E-state index is 0.238. The quantitative estimate of drug-likeness (QED) is 0.603. The molecule has 88 valence electrons. The first-order chi connectivity index (χ1) is 7.54. The number of thioether (sulfide) groups is 1. The highest BCUT2D eigenvalue weighted by atomic mass is 32.2. The van der Waals surface area contributed by atoms with Gasteiger partial charge in [-0.2, -0.15) is 0 Å². The Bertz CT molecular complexity index is 382. The number of benzene rings is 1. The van der Waals surface area contributed by atoms with Crippen molar-refractivity contribution in [3.8, 4) is 0 Å². The first-order valence-corrected chi connectivity index (χ1v) is 5.71. The van der Waals surface area contributed by atoms with Crippen LogP contribution in [0.4, 0.5) is 8.78 Å². The molecule has 0 aliphatic rings. The van der Waals surface area contributed by atoms with Gasteiger partial charge in [0, 0.05) is 11.0 Å². The van der Waals surface area contributed by atoms with Gasteiger partial charge >= 0.3 is 5.97 Å². The minimum Gasteiger partial charge on any atom is -0.465 e. The third-order valence-corrected chi connectivity index (χ3v) is 2.95. The lowest BCUT2D eigenvalue weighted by atomic mass is 10.3. The van der Waals surface area contributed by atoms with E-state index >= 15 is 0 Å². The Hall–Kier alpha value is -1.10. The van der Waals surface area contributed by atoms with Gasteiger partial charge in [0.25, 0.3) is 0 Å². The number of hydrogen-bond acceptors (Lipinski definition) is 3. The lowest BCUT2D eigenvalue weighted by Crippen LogP contribution is -2.16. The van der Waals surface area contributed by atoms with E-state index in [1.807, 2.05) is 0 Å². The minimum atomic E-state index is -0.666. The van der Waals surface area contributed by atoms with Crippen LogP contribution >= 0.6 is 11.8 Å². The average Bonchev–Trinajstić information content (AvgIpc) is 2.22. The van der Waals surface area contributed by atoms with Crippen LogP contribution in [0.25, 0.3) is 0 Å². The summed E-state index contributed by atoms with van der Waals surface area (Å²) >= 11 is 1.01. The number of rotatable bonds is 4. The summed E-state index contributed by atoms with van der Waals surface area (Å²) in [4.78, 5) is 11.5. The molecule has 1 atom stereocenters. The average molecular weight is 246 g/mol. The monoisotopic (exact) mass is 246 g/mol. The number of esters is 1. The van der Waals surface area contributed by atoms with Gasteiger partial charge in [0.05, 0.1) is 6.61 Å². The summed E-state index contributed by atoms with van der Waals surface area (Å²) in [5.41, 5.74) is 0. The van der Waals surface area contributed by atoms with E-state index in [0.717, 1.165) is 23.9 Å². The van der Waals surface area contributed by atoms with Crippen LogP contribution < -0.4 is 0 Å². The Morgan fingerprint density at radius 1 is 1.50 bits per heavy atom. The Kier molecular flexibility index (Phi) is 4.73. The standard InChI is InChI=1S/C11H12F2O2S/c1-3-15-11(14)7(2)16-10-5-4-8(12)6-9(10)13/h4-7H,3H2,1-2H3/t7-/m0/s1. The molecule has 0 aliphatic carbocycles. The zero-order valence-corrected chi connectivity index (χ0v) is 9.81. The number of halogens is 2. The third kappa shape index (κ3) is 3.48. The number of ether oxygens (including phenoxy) is 1. The van der Waals surface area contributed by atoms with Gasteiger partial charge in [-0.1, -0.05) is 0 Å². The van der Waals surface area contributed by atoms with Gasteiger partial charge < -0.3 is 4.74 Å². The molecule has 1 aromatic carbocycles. The van der Waals surface area contributed by atoms with Crippen molar-refractivity contribution in [2.24, 2.45) is 0 Å². The molecule has 0 aromatic heterocycles. The summed E-state index contributed by atoms with van der Waals surface area (Å²) in [5, 5.41) is -0.514. The molecule has 1 aromatic rings. The smallest absolute Gasteiger partial charge is 0.319 e. The van der Waals surface area contributed by atoms with Crippen molar-refractivity contribution in [2.75, 3.05) is 6.61 Å². The fraction of sp³-hybridized carbons (Fsp3) is 0.364. The molecule has 0 amide bonds. The highest BCUT2D eigenvalue weighted by Crippen LogP contribution is 2.27. The number of carbonyl (C=O) groups excluding carboxylic acids is 1. The van der Waals surface area contributed by atoms with Crippen molar-refractivity contribution in [3.05, 3.63) is 29.8 Å². The Labute approximate surface area is 97.0 Å². The van der Waals surface area contributed by atoms with Gasteiger partial charge in [-0.25, -0.2) is 8.78 Å². The van der Waals surface area contributed by atoms with E-state index in [4.69, 9.17) is 4.74 Å². The predicted molar refractivity (Wildman–Crippen MR) is 58.3 cm³/mol. The summed E-state index contributed by atoms with van der Waals surface area (Å²) in [7, 11) is 0. The van der Waals surface area contributed by atoms with Crippen LogP contribution in [0.3, 0.4) is 0 Å². The maximum atomic E-state index is 13.2. The zero-order valence-electron chi connectivity index (χ0n) is 9.00. The van der Waals surface area contributed by atoms with Crippen molar-refractivity contribution in [2.45, 2.75) is 24.0 Å². The van der Waals surface area contributed by atoms with E-state index in [2.05, 4.69) is 0 Å². The molecule has 0 unspecified atom stereocenters. The van der Waals surface area contributed by atoms with Crippen LogP contribution in [0, 0.1) is 11.6 Å². The molecule has 0 bridgehead atoms. The molecule has 16 heavy (non-hydrogen) atoms. The second kappa shape index (κ2) is 5.84. The lowest BCUT2D eigenvalue weighted by Gasteiger charge is -2.10. The first-order valence-electron chi connectivity index (χ1n) is 4.83. The fourth-order valence-corrected chi connectivity index (χ4v) is 1.93. The van der Waals surface area contributed by atoms with Crippen LogP contribution in [0.15, 0.2) is 23.1 Å². The van der Waals surface area contributed by atoms with Crippen LogP contribution in [0.5, 0.6) is 0 Å². The molecule has 5 heteroatoms. The number of carbonyl (C=O) groups is 1. The summed E-state index contributed by atoms with van der Waals surface area (Å²) in [5.74, 6) is -1.71. The Morgan fingerprint density at radius 2 is 2.19 bits per heavy atom. The molecular weight excluding hydrogens is 234 g/mol. The normalized spacial score (nSPS) is 12.2. The van der Waals surface area contributed by atoms with Crippen LogP contribution in [0.2, 0.25) is 0 Å². The van der Waals surface area contributed by atoms with Crippen LogP contribution in [-0.4, -0.2) is 17.8 Å².